The Kier molecular flexibility index (Phi) is 2.87. The van der Waals surface area contributed by atoms with E-state index in [0.717, 1.165) is 30.9 Å². The second-order valence-electron chi connectivity index (χ2n) is 4.48. The number of thiazole rings is 1. The Morgan fingerprint density at radius 2 is 2.44 bits per heavy atom. The van der Waals surface area contributed by atoms with Crippen LogP contribution in [0, 0.1) is 6.92 Å². The van der Waals surface area contributed by atoms with Crippen LogP contribution in [0.5, 0.6) is 0 Å². The number of nitrogens with one attached hydrogen (secondary N) is 1. The summed E-state index contributed by atoms with van der Waals surface area (Å²) in [6.07, 6.45) is 3.78. The molecule has 0 saturated carbocycles. The molecule has 1 aliphatic heterocycles. The molecule has 3 rings (SSSR count). The molecule has 0 aromatic carbocycles. The molecule has 18 heavy (non-hydrogen) atoms. The number of H-pyrrole nitrogens is 1. The summed E-state index contributed by atoms with van der Waals surface area (Å²) in [4.78, 5) is 25.9. The number of carbonyl (C=O) groups is 1. The van der Waals surface area contributed by atoms with E-state index in [-0.39, 0.29) is 11.9 Å². The van der Waals surface area contributed by atoms with Crippen LogP contribution >= 0.6 is 11.3 Å². The zero-order valence-corrected chi connectivity index (χ0v) is 10.9. The minimum absolute atomic E-state index is 0.00723. The lowest BCUT2D eigenvalue weighted by molar-refractivity contribution is 0.0725. The van der Waals surface area contributed by atoms with E-state index in [2.05, 4.69) is 15.0 Å². The summed E-state index contributed by atoms with van der Waals surface area (Å²) >= 11 is 1.45. The van der Waals surface area contributed by atoms with Gasteiger partial charge in [-0.05, 0) is 19.8 Å². The highest BCUT2D eigenvalue weighted by Gasteiger charge is 2.32. The van der Waals surface area contributed by atoms with Crippen LogP contribution in [0.15, 0.2) is 17.1 Å². The van der Waals surface area contributed by atoms with E-state index in [4.69, 9.17) is 0 Å². The molecule has 2 aromatic rings. The lowest BCUT2D eigenvalue weighted by atomic mass is 10.2. The number of likely N-dealkylation sites (tertiary alicyclic amines) is 1. The van der Waals surface area contributed by atoms with Crippen molar-refractivity contribution in [3.05, 3.63) is 34.3 Å². The summed E-state index contributed by atoms with van der Waals surface area (Å²) in [6.45, 7) is 2.75. The number of aromatic nitrogens is 3. The number of hydrogen-bond acceptors (Lipinski definition) is 4. The average molecular weight is 262 g/mol. The van der Waals surface area contributed by atoms with Gasteiger partial charge in [-0.1, -0.05) is 0 Å². The van der Waals surface area contributed by atoms with Gasteiger partial charge in [0.15, 0.2) is 0 Å². The fourth-order valence-electron chi connectivity index (χ4n) is 2.36. The van der Waals surface area contributed by atoms with Crippen LogP contribution < -0.4 is 0 Å². The third-order valence-corrected chi connectivity index (χ3v) is 3.79. The number of rotatable bonds is 2. The van der Waals surface area contributed by atoms with Gasteiger partial charge in [0, 0.05) is 23.8 Å². The highest BCUT2D eigenvalue weighted by molar-refractivity contribution is 7.07. The Labute approximate surface area is 109 Å². The summed E-state index contributed by atoms with van der Waals surface area (Å²) < 4.78 is 0. The number of hydrogen-bond donors (Lipinski definition) is 1. The Morgan fingerprint density at radius 1 is 1.56 bits per heavy atom. The Balaban J connectivity index is 1.85. The molecule has 0 aliphatic carbocycles. The van der Waals surface area contributed by atoms with Crippen molar-refractivity contribution in [2.24, 2.45) is 0 Å². The SMILES string of the molecule is Cc1cnc(C2CCCN2C(=O)c2cscn2)[nH]1. The first-order valence-electron chi connectivity index (χ1n) is 5.96. The van der Waals surface area contributed by atoms with Gasteiger partial charge in [0.05, 0.1) is 11.6 Å². The molecule has 0 spiro atoms. The molecule has 3 heterocycles. The zero-order valence-electron chi connectivity index (χ0n) is 10.1. The predicted molar refractivity (Wildman–Crippen MR) is 68.5 cm³/mol. The second kappa shape index (κ2) is 4.53. The van der Waals surface area contributed by atoms with Crippen molar-refractivity contribution in [1.82, 2.24) is 19.9 Å². The van der Waals surface area contributed by atoms with Crippen molar-refractivity contribution >= 4 is 17.2 Å². The van der Waals surface area contributed by atoms with Gasteiger partial charge in [0.1, 0.15) is 11.5 Å². The fourth-order valence-corrected chi connectivity index (χ4v) is 2.89. The van der Waals surface area contributed by atoms with E-state index in [1.165, 1.54) is 11.3 Å². The largest absolute Gasteiger partial charge is 0.344 e. The maximum Gasteiger partial charge on any atom is 0.273 e. The molecule has 5 nitrogen and oxygen atoms in total. The van der Waals surface area contributed by atoms with Gasteiger partial charge in [0.25, 0.3) is 5.91 Å². The molecule has 1 unspecified atom stereocenters. The summed E-state index contributed by atoms with van der Waals surface area (Å²) in [5, 5.41) is 1.80. The number of nitrogens with zero attached hydrogens (tertiary/aromatic N) is 3. The minimum atomic E-state index is 0.00723. The second-order valence-corrected chi connectivity index (χ2v) is 5.20. The molecule has 0 bridgehead atoms. The van der Waals surface area contributed by atoms with Crippen molar-refractivity contribution in [2.45, 2.75) is 25.8 Å². The highest BCUT2D eigenvalue weighted by Crippen LogP contribution is 2.31. The monoisotopic (exact) mass is 262 g/mol. The standard InChI is InChI=1S/C12H14N4OS/c1-8-5-13-11(15-8)10-3-2-4-16(10)12(17)9-6-18-7-14-9/h5-7,10H,2-4H2,1H3,(H,13,15). The van der Waals surface area contributed by atoms with Crippen molar-refractivity contribution in [1.29, 1.82) is 0 Å². The van der Waals surface area contributed by atoms with Gasteiger partial charge < -0.3 is 9.88 Å². The Bertz CT molecular complexity index is 548. The third-order valence-electron chi connectivity index (χ3n) is 3.20. The molecule has 1 fully saturated rings. The fraction of sp³-hybridized carbons (Fsp3) is 0.417. The molecule has 1 atom stereocenters. The minimum Gasteiger partial charge on any atom is -0.344 e. The Hall–Kier alpha value is -1.69. The van der Waals surface area contributed by atoms with Crippen molar-refractivity contribution in [3.63, 3.8) is 0 Å². The molecule has 1 aliphatic rings. The van der Waals surface area contributed by atoms with Gasteiger partial charge in [-0.3, -0.25) is 4.79 Å². The van der Waals surface area contributed by atoms with Crippen molar-refractivity contribution in [3.8, 4) is 0 Å². The summed E-state index contributed by atoms with van der Waals surface area (Å²) in [5.41, 5.74) is 3.25. The normalized spacial score (nSPS) is 19.4. The topological polar surface area (TPSA) is 61.9 Å². The van der Waals surface area contributed by atoms with Gasteiger partial charge in [-0.2, -0.15) is 0 Å². The van der Waals surface area contributed by atoms with Crippen molar-refractivity contribution < 1.29 is 4.79 Å². The number of imidazole rings is 1. The van der Waals surface area contributed by atoms with Crippen molar-refractivity contribution in [2.75, 3.05) is 6.54 Å². The Morgan fingerprint density at radius 3 is 3.11 bits per heavy atom. The zero-order chi connectivity index (χ0) is 12.5. The van der Waals surface area contributed by atoms with Crippen LogP contribution in [-0.4, -0.2) is 32.3 Å². The third kappa shape index (κ3) is 1.92. The summed E-state index contributed by atoms with van der Waals surface area (Å²) in [7, 11) is 0. The number of aromatic amines is 1. The van der Waals surface area contributed by atoms with Crippen LogP contribution in [0.3, 0.4) is 0 Å². The van der Waals surface area contributed by atoms with E-state index in [1.54, 1.807) is 17.1 Å². The molecule has 6 heteroatoms. The van der Waals surface area contributed by atoms with Gasteiger partial charge >= 0.3 is 0 Å². The first-order chi connectivity index (χ1) is 8.75. The van der Waals surface area contributed by atoms with Gasteiger partial charge in [0.2, 0.25) is 0 Å². The summed E-state index contributed by atoms with van der Waals surface area (Å²) in [5.74, 6) is 0.890. The highest BCUT2D eigenvalue weighted by atomic mass is 32.1. The van der Waals surface area contributed by atoms with E-state index >= 15 is 0 Å². The molecule has 2 aromatic heterocycles. The molecular formula is C12H14N4OS. The maximum atomic E-state index is 12.3. The van der Waals surface area contributed by atoms with Crippen LogP contribution in [0.1, 0.15) is 40.9 Å². The van der Waals surface area contributed by atoms with Crippen LogP contribution in [0.4, 0.5) is 0 Å². The average Bonchev–Trinajstić information content (AvgIpc) is 3.09. The summed E-state index contributed by atoms with van der Waals surface area (Å²) in [6, 6.07) is 0.0629. The van der Waals surface area contributed by atoms with Gasteiger partial charge in [-0.25, -0.2) is 9.97 Å². The molecular weight excluding hydrogens is 248 g/mol. The lowest BCUT2D eigenvalue weighted by Crippen LogP contribution is -2.31. The van der Waals surface area contributed by atoms with E-state index in [1.807, 2.05) is 11.8 Å². The quantitative estimate of drug-likeness (QED) is 0.902. The number of carbonyl (C=O) groups excluding carboxylic acids is 1. The van der Waals surface area contributed by atoms with E-state index in [9.17, 15) is 4.79 Å². The van der Waals surface area contributed by atoms with Crippen LogP contribution in [0.2, 0.25) is 0 Å². The van der Waals surface area contributed by atoms with E-state index < -0.39 is 0 Å². The van der Waals surface area contributed by atoms with Gasteiger partial charge in [-0.15, -0.1) is 11.3 Å². The maximum absolute atomic E-state index is 12.3. The first kappa shape index (κ1) is 11.4. The van der Waals surface area contributed by atoms with E-state index in [0.29, 0.717) is 5.69 Å². The molecule has 1 saturated heterocycles. The van der Waals surface area contributed by atoms with Crippen LogP contribution in [0.25, 0.3) is 0 Å². The smallest absolute Gasteiger partial charge is 0.273 e. The molecule has 1 amide bonds. The number of aryl methyl sites for hydroxylation is 1. The molecule has 0 radical (unpaired) electrons. The first-order valence-corrected chi connectivity index (χ1v) is 6.90. The predicted octanol–water partition coefficient (Wildman–Crippen LogP) is 2.15. The number of amides is 1. The lowest BCUT2D eigenvalue weighted by Gasteiger charge is -2.22. The molecule has 1 N–H and O–H groups in total. The van der Waals surface area contributed by atoms with Crippen LogP contribution in [-0.2, 0) is 0 Å². The molecule has 94 valence electrons.